The summed E-state index contributed by atoms with van der Waals surface area (Å²) in [6.45, 7) is 2.83. The van der Waals surface area contributed by atoms with Crippen molar-refractivity contribution < 1.29 is 9.47 Å². The second-order valence-corrected chi connectivity index (χ2v) is 4.37. The van der Waals surface area contributed by atoms with Gasteiger partial charge in [0, 0.05) is 0 Å². The second-order valence-electron chi connectivity index (χ2n) is 4.37. The predicted octanol–water partition coefficient (Wildman–Crippen LogP) is 2.70. The number of nitrogens with two attached hydrogens (primary N) is 1. The zero-order chi connectivity index (χ0) is 12.3. The molecule has 0 aliphatic carbocycles. The highest BCUT2D eigenvalue weighted by Crippen LogP contribution is 2.28. The number of rotatable bonds is 3. The smallest absolute Gasteiger partial charge is 0.121 e. The summed E-state index contributed by atoms with van der Waals surface area (Å²) in [5.74, 6) is 0.898. The molecule has 1 heterocycles. The summed E-state index contributed by atoms with van der Waals surface area (Å²) in [7, 11) is 1.68. The van der Waals surface area contributed by atoms with E-state index in [1.54, 1.807) is 7.11 Å². The molecule has 3 nitrogen and oxygen atoms in total. The van der Waals surface area contributed by atoms with E-state index >= 15 is 0 Å². The summed E-state index contributed by atoms with van der Waals surface area (Å²) in [6.07, 6.45) is 3.88. The van der Waals surface area contributed by atoms with Crippen LogP contribution in [0.4, 0.5) is 0 Å². The van der Waals surface area contributed by atoms with Crippen molar-refractivity contribution in [3.05, 3.63) is 41.2 Å². The molecule has 1 atom stereocenters. The van der Waals surface area contributed by atoms with Crippen molar-refractivity contribution in [2.75, 3.05) is 13.7 Å². The van der Waals surface area contributed by atoms with Crippen LogP contribution in [0.15, 0.2) is 30.0 Å². The topological polar surface area (TPSA) is 44.5 Å². The van der Waals surface area contributed by atoms with E-state index in [-0.39, 0.29) is 6.04 Å². The number of benzene rings is 1. The van der Waals surface area contributed by atoms with Gasteiger partial charge in [-0.05, 0) is 42.5 Å². The monoisotopic (exact) mass is 233 g/mol. The van der Waals surface area contributed by atoms with Crippen molar-refractivity contribution in [3.63, 3.8) is 0 Å². The maximum atomic E-state index is 6.24. The molecule has 1 unspecified atom stereocenters. The standard InChI is InChI=1S/C14H19NO2/c1-10-8-11(5-6-13(10)16-2)14(15)12-4-3-7-17-9-12/h5-6,8-9,14H,3-4,7,15H2,1-2H3. The largest absolute Gasteiger partial charge is 0.501 e. The minimum absolute atomic E-state index is 0.0695. The first-order valence-corrected chi connectivity index (χ1v) is 5.93. The lowest BCUT2D eigenvalue weighted by Crippen LogP contribution is -2.16. The lowest BCUT2D eigenvalue weighted by molar-refractivity contribution is 0.221. The maximum Gasteiger partial charge on any atom is 0.121 e. The molecule has 0 aromatic heterocycles. The molecule has 0 saturated carbocycles. The van der Waals surface area contributed by atoms with Gasteiger partial charge in [0.2, 0.25) is 0 Å². The van der Waals surface area contributed by atoms with Crippen LogP contribution in [0.5, 0.6) is 5.75 Å². The lowest BCUT2D eigenvalue weighted by atomic mass is 9.95. The third-order valence-corrected chi connectivity index (χ3v) is 3.14. The SMILES string of the molecule is COc1ccc(C(N)C2=COCCC2)cc1C. The third kappa shape index (κ3) is 2.61. The molecule has 0 bridgehead atoms. The number of hydrogen-bond donors (Lipinski definition) is 1. The molecule has 0 saturated heterocycles. The maximum absolute atomic E-state index is 6.24. The van der Waals surface area contributed by atoms with E-state index in [0.717, 1.165) is 36.3 Å². The highest BCUT2D eigenvalue weighted by atomic mass is 16.5. The Morgan fingerprint density at radius 1 is 1.41 bits per heavy atom. The molecule has 1 aliphatic rings. The number of aryl methyl sites for hydroxylation is 1. The quantitative estimate of drug-likeness (QED) is 0.873. The van der Waals surface area contributed by atoms with Crippen molar-refractivity contribution in [2.45, 2.75) is 25.8 Å². The summed E-state index contributed by atoms with van der Waals surface area (Å²) < 4.78 is 10.6. The Balaban J connectivity index is 2.21. The van der Waals surface area contributed by atoms with Gasteiger partial charge in [-0.3, -0.25) is 0 Å². The summed E-state index contributed by atoms with van der Waals surface area (Å²) in [4.78, 5) is 0. The van der Waals surface area contributed by atoms with Gasteiger partial charge in [-0.15, -0.1) is 0 Å². The molecule has 0 fully saturated rings. The first-order valence-electron chi connectivity index (χ1n) is 5.93. The minimum atomic E-state index is -0.0695. The minimum Gasteiger partial charge on any atom is -0.501 e. The van der Waals surface area contributed by atoms with E-state index in [1.807, 2.05) is 25.3 Å². The molecule has 1 aliphatic heterocycles. The highest BCUT2D eigenvalue weighted by Gasteiger charge is 2.15. The Morgan fingerprint density at radius 3 is 2.82 bits per heavy atom. The van der Waals surface area contributed by atoms with Gasteiger partial charge in [-0.2, -0.15) is 0 Å². The summed E-state index contributed by atoms with van der Waals surface area (Å²) in [5.41, 5.74) is 9.63. The summed E-state index contributed by atoms with van der Waals surface area (Å²) >= 11 is 0. The van der Waals surface area contributed by atoms with Gasteiger partial charge < -0.3 is 15.2 Å². The van der Waals surface area contributed by atoms with Crippen LogP contribution >= 0.6 is 0 Å². The lowest BCUT2D eigenvalue weighted by Gasteiger charge is -2.20. The van der Waals surface area contributed by atoms with E-state index in [0.29, 0.717) is 0 Å². The molecule has 1 aromatic rings. The van der Waals surface area contributed by atoms with Crippen molar-refractivity contribution in [2.24, 2.45) is 5.73 Å². The van der Waals surface area contributed by atoms with Gasteiger partial charge in [-0.1, -0.05) is 12.1 Å². The van der Waals surface area contributed by atoms with Crippen LogP contribution in [0.1, 0.15) is 30.0 Å². The number of methoxy groups -OCH3 is 1. The molecule has 2 N–H and O–H groups in total. The fraction of sp³-hybridized carbons (Fsp3) is 0.429. The van der Waals surface area contributed by atoms with Crippen LogP contribution in [0, 0.1) is 6.92 Å². The highest BCUT2D eigenvalue weighted by molar-refractivity contribution is 5.39. The molecule has 17 heavy (non-hydrogen) atoms. The Morgan fingerprint density at radius 2 is 2.24 bits per heavy atom. The van der Waals surface area contributed by atoms with Crippen LogP contribution < -0.4 is 10.5 Å². The summed E-state index contributed by atoms with van der Waals surface area (Å²) in [5, 5.41) is 0. The zero-order valence-electron chi connectivity index (χ0n) is 10.4. The van der Waals surface area contributed by atoms with Crippen LogP contribution in [-0.2, 0) is 4.74 Å². The molecule has 0 spiro atoms. The number of hydrogen-bond acceptors (Lipinski definition) is 3. The van der Waals surface area contributed by atoms with Gasteiger partial charge in [0.05, 0.1) is 26.0 Å². The first-order chi connectivity index (χ1) is 8.22. The molecular weight excluding hydrogens is 214 g/mol. The fourth-order valence-corrected chi connectivity index (χ4v) is 2.12. The Kier molecular flexibility index (Phi) is 3.69. The van der Waals surface area contributed by atoms with Crippen molar-refractivity contribution in [1.29, 1.82) is 0 Å². The van der Waals surface area contributed by atoms with Crippen molar-refractivity contribution in [1.82, 2.24) is 0 Å². The van der Waals surface area contributed by atoms with Crippen LogP contribution in [0.3, 0.4) is 0 Å². The van der Waals surface area contributed by atoms with E-state index in [2.05, 4.69) is 6.07 Å². The van der Waals surface area contributed by atoms with E-state index in [4.69, 9.17) is 15.2 Å². The average Bonchev–Trinajstić information content (AvgIpc) is 2.39. The Labute approximate surface area is 102 Å². The van der Waals surface area contributed by atoms with Crippen LogP contribution in [0.25, 0.3) is 0 Å². The molecule has 3 heteroatoms. The van der Waals surface area contributed by atoms with Gasteiger partial charge in [0.1, 0.15) is 5.75 Å². The second kappa shape index (κ2) is 5.23. The molecule has 1 aromatic carbocycles. The fourth-order valence-electron chi connectivity index (χ4n) is 2.12. The van der Waals surface area contributed by atoms with Crippen LogP contribution in [-0.4, -0.2) is 13.7 Å². The van der Waals surface area contributed by atoms with Gasteiger partial charge >= 0.3 is 0 Å². The molecular formula is C14H19NO2. The predicted molar refractivity (Wildman–Crippen MR) is 67.9 cm³/mol. The van der Waals surface area contributed by atoms with Crippen LogP contribution in [0.2, 0.25) is 0 Å². The van der Waals surface area contributed by atoms with Gasteiger partial charge in [0.25, 0.3) is 0 Å². The van der Waals surface area contributed by atoms with Crippen molar-refractivity contribution in [3.8, 4) is 5.75 Å². The third-order valence-electron chi connectivity index (χ3n) is 3.14. The zero-order valence-corrected chi connectivity index (χ0v) is 10.4. The number of ether oxygens (including phenoxy) is 2. The van der Waals surface area contributed by atoms with Crippen molar-refractivity contribution >= 4 is 0 Å². The van der Waals surface area contributed by atoms with Gasteiger partial charge in [-0.25, -0.2) is 0 Å². The Bertz CT molecular complexity index is 426. The molecule has 2 rings (SSSR count). The molecule has 0 radical (unpaired) electrons. The van der Waals surface area contributed by atoms with E-state index in [1.165, 1.54) is 5.57 Å². The molecule has 92 valence electrons. The van der Waals surface area contributed by atoms with E-state index < -0.39 is 0 Å². The van der Waals surface area contributed by atoms with Gasteiger partial charge in [0.15, 0.2) is 0 Å². The normalized spacial score (nSPS) is 17.0. The first kappa shape index (κ1) is 12.0. The molecule has 0 amide bonds. The summed E-state index contributed by atoms with van der Waals surface area (Å²) in [6, 6.07) is 6.00. The average molecular weight is 233 g/mol. The van der Waals surface area contributed by atoms with E-state index in [9.17, 15) is 0 Å². The Hall–Kier alpha value is -1.48.